The number of benzene rings is 4. The monoisotopic (exact) mass is 1140 g/mol. The number of allylic oxidation sites excluding steroid dienone is 8. The Kier molecular flexibility index (Phi) is 23.2. The zero-order chi connectivity index (χ0) is 58.0. The normalized spacial score (nSPS) is 18.5. The Hall–Kier alpha value is -8.47. The molecule has 16 heteroatoms. The van der Waals surface area contributed by atoms with Crippen LogP contribution in [0.25, 0.3) is 24.3 Å². The van der Waals surface area contributed by atoms with E-state index in [1.54, 1.807) is 36.5 Å². The third-order valence-corrected chi connectivity index (χ3v) is 15.0. The van der Waals surface area contributed by atoms with Crippen LogP contribution >= 0.6 is 0 Å². The number of rotatable bonds is 13. The predicted octanol–water partition coefficient (Wildman–Crippen LogP) is 11.8. The molecule has 0 spiro atoms. The van der Waals surface area contributed by atoms with Gasteiger partial charge in [-0.3, -0.25) is 19.3 Å². The highest BCUT2D eigenvalue weighted by molar-refractivity contribution is 5.89. The standard InChI is InChI=1S/C17H21NO3.3C17H19NO3/c4*19-17(18-10-4-1-5-11-18)7-3-2-6-14-8-9-15-16(12-14)21-13-20-15/h2-3,6-9,12,17,19H,1,4-5,10-11,13H2;3*2-3,6-9,12H,1,4-5,10-11,13H2/b6-2+,7-3+;6-2+,7-3-;6-2-,7-3+;6-2-,7-3-. The quantitative estimate of drug-likeness (QED) is 0.0997. The first kappa shape index (κ1) is 60.1. The van der Waals surface area contributed by atoms with Crippen molar-refractivity contribution in [2.24, 2.45) is 0 Å². The second kappa shape index (κ2) is 32.4. The number of carbonyl (C=O) groups is 3. The lowest BCUT2D eigenvalue weighted by atomic mass is 10.1. The highest BCUT2D eigenvalue weighted by Crippen LogP contribution is 2.36. The van der Waals surface area contributed by atoms with Crippen LogP contribution in [0.5, 0.6) is 46.0 Å². The van der Waals surface area contributed by atoms with Crippen LogP contribution in [0, 0.1) is 0 Å². The number of likely N-dealkylation sites (tertiary alicyclic amines) is 4. The van der Waals surface area contributed by atoms with E-state index in [4.69, 9.17) is 37.9 Å². The Balaban J connectivity index is 0.000000134. The van der Waals surface area contributed by atoms with E-state index < -0.39 is 6.23 Å². The van der Waals surface area contributed by atoms with Crippen LogP contribution < -0.4 is 37.9 Å². The molecule has 12 rings (SSSR count). The topological polar surface area (TPSA) is 158 Å². The molecule has 8 aliphatic rings. The van der Waals surface area contributed by atoms with E-state index >= 15 is 0 Å². The minimum Gasteiger partial charge on any atom is -0.454 e. The maximum Gasteiger partial charge on any atom is 0.246 e. The summed E-state index contributed by atoms with van der Waals surface area (Å²) in [6, 6.07) is 23.2. The molecule has 0 aromatic heterocycles. The first-order valence-corrected chi connectivity index (χ1v) is 29.6. The number of fused-ring (bicyclic) bond motifs is 4. The molecule has 4 aromatic carbocycles. The average Bonchev–Trinajstić information content (AvgIpc) is 4.49. The van der Waals surface area contributed by atoms with Crippen molar-refractivity contribution in [3.8, 4) is 46.0 Å². The van der Waals surface area contributed by atoms with E-state index in [0.717, 1.165) is 159 Å². The third kappa shape index (κ3) is 18.8. The Morgan fingerprint density at radius 2 is 0.595 bits per heavy atom. The van der Waals surface area contributed by atoms with Crippen molar-refractivity contribution < 1.29 is 57.4 Å². The summed E-state index contributed by atoms with van der Waals surface area (Å²) < 4.78 is 42.4. The Morgan fingerprint density at radius 3 is 0.893 bits per heavy atom. The molecule has 16 nitrogen and oxygen atoms in total. The van der Waals surface area contributed by atoms with Gasteiger partial charge in [-0.2, -0.15) is 0 Å². The van der Waals surface area contributed by atoms with Gasteiger partial charge in [0.1, 0.15) is 6.23 Å². The van der Waals surface area contributed by atoms with Crippen molar-refractivity contribution in [3.05, 3.63) is 168 Å². The van der Waals surface area contributed by atoms with Crippen LogP contribution in [0.1, 0.15) is 99.3 Å². The third-order valence-electron chi connectivity index (χ3n) is 15.0. The lowest BCUT2D eigenvalue weighted by Crippen LogP contribution is -2.37. The largest absolute Gasteiger partial charge is 0.454 e. The predicted molar refractivity (Wildman–Crippen MR) is 326 cm³/mol. The SMILES string of the molecule is O=C(/C=C/C=C\c1ccc2c(c1)OCO2)N1CCCCC1.O=C(/C=C\C=C/c1ccc2c(c1)OCO2)N1CCCCC1.O=C(/C=C\C=C\c1ccc2c(c1)OCO2)N1CCCCC1.OC(/C=C/C=C/c1ccc2c(c1)OCO2)N1CCCCC1. The summed E-state index contributed by atoms with van der Waals surface area (Å²) in [6.07, 6.45) is 42.9. The molecule has 4 saturated heterocycles. The van der Waals surface area contributed by atoms with Gasteiger partial charge >= 0.3 is 0 Å². The molecule has 8 heterocycles. The molecular weight excluding hydrogens is 1060 g/mol. The van der Waals surface area contributed by atoms with E-state index in [0.29, 0.717) is 6.79 Å². The van der Waals surface area contributed by atoms with Crippen LogP contribution in [0.2, 0.25) is 0 Å². The summed E-state index contributed by atoms with van der Waals surface area (Å²) in [5, 5.41) is 10.1. The van der Waals surface area contributed by atoms with Crippen molar-refractivity contribution >= 4 is 42.0 Å². The van der Waals surface area contributed by atoms with Crippen molar-refractivity contribution in [1.82, 2.24) is 19.6 Å². The van der Waals surface area contributed by atoms with E-state index in [2.05, 4.69) is 4.90 Å². The van der Waals surface area contributed by atoms with Crippen molar-refractivity contribution in [2.75, 3.05) is 79.5 Å². The van der Waals surface area contributed by atoms with Crippen LogP contribution in [-0.4, -0.2) is 128 Å². The number of hydrogen-bond acceptors (Lipinski definition) is 13. The van der Waals surface area contributed by atoms with Gasteiger partial charge in [0, 0.05) is 70.6 Å². The number of carbonyl (C=O) groups excluding carboxylic acids is 3. The second-order valence-corrected chi connectivity index (χ2v) is 21.0. The van der Waals surface area contributed by atoms with Crippen molar-refractivity contribution in [2.45, 2.75) is 83.3 Å². The summed E-state index contributed by atoms with van der Waals surface area (Å²) in [6.45, 7) is 8.42. The summed E-state index contributed by atoms with van der Waals surface area (Å²) in [5.74, 6) is 6.54. The van der Waals surface area contributed by atoms with Crippen LogP contribution in [0.4, 0.5) is 0 Å². The van der Waals surface area contributed by atoms with Gasteiger partial charge in [-0.1, -0.05) is 104 Å². The second-order valence-electron chi connectivity index (χ2n) is 21.0. The minimum atomic E-state index is -0.480. The van der Waals surface area contributed by atoms with Crippen LogP contribution in [-0.2, 0) is 14.4 Å². The lowest BCUT2D eigenvalue weighted by Gasteiger charge is -2.29. The van der Waals surface area contributed by atoms with Gasteiger partial charge < -0.3 is 57.7 Å². The molecule has 4 aromatic rings. The first-order valence-electron chi connectivity index (χ1n) is 29.6. The molecule has 8 aliphatic heterocycles. The maximum absolute atomic E-state index is 11.9. The van der Waals surface area contributed by atoms with E-state index in [-0.39, 0.29) is 38.1 Å². The number of hydrogen-bond donors (Lipinski definition) is 1. The number of amides is 3. The molecule has 0 bridgehead atoms. The number of aliphatic hydroxyl groups excluding tert-OH is 1. The fraction of sp³-hybridized carbons (Fsp3) is 0.368. The lowest BCUT2D eigenvalue weighted by molar-refractivity contribution is -0.127. The Labute approximate surface area is 493 Å². The molecule has 1 unspecified atom stereocenters. The smallest absolute Gasteiger partial charge is 0.246 e. The van der Waals surface area contributed by atoms with E-state index in [9.17, 15) is 19.5 Å². The van der Waals surface area contributed by atoms with Gasteiger partial charge in [0.05, 0.1) is 0 Å². The van der Waals surface area contributed by atoms with Crippen LogP contribution in [0.15, 0.2) is 146 Å². The molecular formula is C68H78N4O12. The molecule has 0 radical (unpaired) electrons. The zero-order valence-corrected chi connectivity index (χ0v) is 47.9. The molecule has 84 heavy (non-hydrogen) atoms. The number of aliphatic hydroxyl groups is 1. The number of ether oxygens (including phenoxy) is 8. The fourth-order valence-corrected chi connectivity index (χ4v) is 10.3. The zero-order valence-electron chi connectivity index (χ0n) is 47.9. The molecule has 1 N–H and O–H groups in total. The number of nitrogens with zero attached hydrogens (tertiary/aromatic N) is 4. The summed E-state index contributed by atoms with van der Waals surface area (Å²) in [4.78, 5) is 43.6. The summed E-state index contributed by atoms with van der Waals surface area (Å²) in [5.41, 5.74) is 4.12. The van der Waals surface area contributed by atoms with Gasteiger partial charge in [0.25, 0.3) is 0 Å². The van der Waals surface area contributed by atoms with Gasteiger partial charge in [0.2, 0.25) is 44.9 Å². The molecule has 1 atom stereocenters. The molecule has 0 saturated carbocycles. The van der Waals surface area contributed by atoms with Crippen molar-refractivity contribution in [3.63, 3.8) is 0 Å². The van der Waals surface area contributed by atoms with Gasteiger partial charge in [-0.05, 0) is 147 Å². The highest BCUT2D eigenvalue weighted by atomic mass is 16.7. The van der Waals surface area contributed by atoms with Gasteiger partial charge in [0.15, 0.2) is 46.0 Å². The highest BCUT2D eigenvalue weighted by Gasteiger charge is 2.19. The van der Waals surface area contributed by atoms with E-state index in [1.807, 2.05) is 148 Å². The number of piperidine rings is 4. The minimum absolute atomic E-state index is 0.102. The molecule has 3 amide bonds. The summed E-state index contributed by atoms with van der Waals surface area (Å²) >= 11 is 0. The fourth-order valence-electron chi connectivity index (χ4n) is 10.3. The van der Waals surface area contributed by atoms with Crippen LogP contribution in [0.3, 0.4) is 0 Å². The first-order chi connectivity index (χ1) is 41.3. The molecule has 442 valence electrons. The van der Waals surface area contributed by atoms with Crippen molar-refractivity contribution in [1.29, 1.82) is 0 Å². The average molecular weight is 1140 g/mol. The maximum atomic E-state index is 11.9. The molecule has 0 aliphatic carbocycles. The summed E-state index contributed by atoms with van der Waals surface area (Å²) in [7, 11) is 0. The molecule has 4 fully saturated rings. The Morgan fingerprint density at radius 1 is 0.333 bits per heavy atom. The van der Waals surface area contributed by atoms with Gasteiger partial charge in [-0.25, -0.2) is 0 Å². The van der Waals surface area contributed by atoms with Gasteiger partial charge in [-0.15, -0.1) is 0 Å². The van der Waals surface area contributed by atoms with E-state index in [1.165, 1.54) is 38.5 Å². The Bertz CT molecular complexity index is 2820.